The SMILES string of the molecule is CCC(C)(CN)OCc1cccc(OC)n1. The van der Waals surface area contributed by atoms with Gasteiger partial charge in [-0.15, -0.1) is 0 Å². The van der Waals surface area contributed by atoms with Crippen LogP contribution < -0.4 is 10.5 Å². The van der Waals surface area contributed by atoms with Crippen molar-refractivity contribution >= 4 is 0 Å². The van der Waals surface area contributed by atoms with Gasteiger partial charge in [0.1, 0.15) is 0 Å². The fraction of sp³-hybridized carbons (Fsp3) is 0.583. The van der Waals surface area contributed by atoms with Crippen molar-refractivity contribution < 1.29 is 9.47 Å². The molecule has 0 aliphatic carbocycles. The Kier molecular flexibility index (Phi) is 4.71. The van der Waals surface area contributed by atoms with Gasteiger partial charge < -0.3 is 15.2 Å². The first-order valence-electron chi connectivity index (χ1n) is 5.47. The van der Waals surface area contributed by atoms with Crippen LogP contribution in [-0.2, 0) is 11.3 Å². The van der Waals surface area contributed by atoms with Gasteiger partial charge in [0.15, 0.2) is 0 Å². The molecule has 0 aliphatic rings. The lowest BCUT2D eigenvalue weighted by Crippen LogP contribution is -2.36. The Morgan fingerprint density at radius 2 is 2.19 bits per heavy atom. The van der Waals surface area contributed by atoms with E-state index >= 15 is 0 Å². The highest BCUT2D eigenvalue weighted by molar-refractivity contribution is 5.15. The lowest BCUT2D eigenvalue weighted by molar-refractivity contribution is -0.0402. The molecule has 0 bridgehead atoms. The minimum absolute atomic E-state index is 0.273. The molecule has 0 aromatic carbocycles. The van der Waals surface area contributed by atoms with E-state index in [4.69, 9.17) is 15.2 Å². The van der Waals surface area contributed by atoms with Crippen LogP contribution in [0.1, 0.15) is 26.0 Å². The van der Waals surface area contributed by atoms with E-state index in [2.05, 4.69) is 11.9 Å². The first kappa shape index (κ1) is 12.9. The van der Waals surface area contributed by atoms with Crippen molar-refractivity contribution in [3.8, 4) is 5.88 Å². The van der Waals surface area contributed by atoms with Crippen LogP contribution in [0.5, 0.6) is 5.88 Å². The number of aromatic nitrogens is 1. The van der Waals surface area contributed by atoms with Crippen molar-refractivity contribution in [2.75, 3.05) is 13.7 Å². The predicted octanol–water partition coefficient (Wildman–Crippen LogP) is 1.73. The van der Waals surface area contributed by atoms with Crippen LogP contribution >= 0.6 is 0 Å². The van der Waals surface area contributed by atoms with Crippen LogP contribution in [0, 0.1) is 0 Å². The predicted molar refractivity (Wildman–Crippen MR) is 63.3 cm³/mol. The number of methoxy groups -OCH3 is 1. The highest BCUT2D eigenvalue weighted by atomic mass is 16.5. The third-order valence-electron chi connectivity index (χ3n) is 2.74. The van der Waals surface area contributed by atoms with Crippen LogP contribution in [-0.4, -0.2) is 24.2 Å². The molecule has 1 rings (SSSR count). The Bertz CT molecular complexity index is 325. The summed E-state index contributed by atoms with van der Waals surface area (Å²) in [6, 6.07) is 5.62. The summed E-state index contributed by atoms with van der Waals surface area (Å²) in [7, 11) is 1.60. The first-order chi connectivity index (χ1) is 7.63. The van der Waals surface area contributed by atoms with Gasteiger partial charge in [-0.2, -0.15) is 0 Å². The molecule has 2 N–H and O–H groups in total. The molecular formula is C12H20N2O2. The van der Waals surface area contributed by atoms with Gasteiger partial charge in [0.2, 0.25) is 5.88 Å². The second kappa shape index (κ2) is 5.82. The molecule has 1 aromatic heterocycles. The summed E-state index contributed by atoms with van der Waals surface area (Å²) in [5.41, 5.74) is 6.25. The lowest BCUT2D eigenvalue weighted by Gasteiger charge is -2.26. The molecule has 4 nitrogen and oxygen atoms in total. The molecule has 16 heavy (non-hydrogen) atoms. The van der Waals surface area contributed by atoms with Gasteiger partial charge in [-0.25, -0.2) is 4.98 Å². The third kappa shape index (κ3) is 3.47. The van der Waals surface area contributed by atoms with Gasteiger partial charge >= 0.3 is 0 Å². The summed E-state index contributed by atoms with van der Waals surface area (Å²) in [5, 5.41) is 0. The fourth-order valence-electron chi connectivity index (χ4n) is 1.21. The van der Waals surface area contributed by atoms with E-state index in [1.807, 2.05) is 25.1 Å². The molecule has 0 spiro atoms. The van der Waals surface area contributed by atoms with E-state index in [-0.39, 0.29) is 5.60 Å². The number of pyridine rings is 1. The van der Waals surface area contributed by atoms with E-state index in [0.29, 0.717) is 19.0 Å². The number of hydrogen-bond donors (Lipinski definition) is 1. The Morgan fingerprint density at radius 3 is 2.75 bits per heavy atom. The highest BCUT2D eigenvalue weighted by Gasteiger charge is 2.20. The lowest BCUT2D eigenvalue weighted by atomic mass is 10.0. The Balaban J connectivity index is 2.60. The Morgan fingerprint density at radius 1 is 1.44 bits per heavy atom. The summed E-state index contributed by atoms with van der Waals surface area (Å²) in [5.74, 6) is 0.604. The summed E-state index contributed by atoms with van der Waals surface area (Å²) >= 11 is 0. The topological polar surface area (TPSA) is 57.4 Å². The van der Waals surface area contributed by atoms with Crippen molar-refractivity contribution in [1.82, 2.24) is 4.98 Å². The van der Waals surface area contributed by atoms with Crippen LogP contribution in [0.25, 0.3) is 0 Å². The summed E-state index contributed by atoms with van der Waals surface area (Å²) in [6.45, 7) is 5.03. The zero-order chi connectivity index (χ0) is 12.0. The normalized spacial score (nSPS) is 14.5. The maximum atomic E-state index is 5.77. The van der Waals surface area contributed by atoms with Crippen LogP contribution in [0.2, 0.25) is 0 Å². The average molecular weight is 224 g/mol. The second-order valence-electron chi connectivity index (χ2n) is 3.97. The van der Waals surface area contributed by atoms with Gasteiger partial charge in [-0.1, -0.05) is 13.0 Å². The van der Waals surface area contributed by atoms with E-state index in [1.165, 1.54) is 0 Å². The monoisotopic (exact) mass is 224 g/mol. The van der Waals surface area contributed by atoms with Crippen molar-refractivity contribution in [2.24, 2.45) is 5.73 Å². The second-order valence-corrected chi connectivity index (χ2v) is 3.97. The highest BCUT2D eigenvalue weighted by Crippen LogP contribution is 2.16. The van der Waals surface area contributed by atoms with Crippen molar-refractivity contribution in [1.29, 1.82) is 0 Å². The largest absolute Gasteiger partial charge is 0.481 e. The number of ether oxygens (including phenoxy) is 2. The fourth-order valence-corrected chi connectivity index (χ4v) is 1.21. The van der Waals surface area contributed by atoms with Crippen LogP contribution in [0.15, 0.2) is 18.2 Å². The van der Waals surface area contributed by atoms with Crippen LogP contribution in [0.3, 0.4) is 0 Å². The summed E-state index contributed by atoms with van der Waals surface area (Å²) in [6.07, 6.45) is 0.882. The van der Waals surface area contributed by atoms with Crippen molar-refractivity contribution in [2.45, 2.75) is 32.5 Å². The molecule has 1 unspecified atom stereocenters. The zero-order valence-corrected chi connectivity index (χ0v) is 10.2. The van der Waals surface area contributed by atoms with Crippen LogP contribution in [0.4, 0.5) is 0 Å². The smallest absolute Gasteiger partial charge is 0.213 e. The Hall–Kier alpha value is -1.13. The third-order valence-corrected chi connectivity index (χ3v) is 2.74. The van der Waals surface area contributed by atoms with Crippen molar-refractivity contribution in [3.05, 3.63) is 23.9 Å². The zero-order valence-electron chi connectivity index (χ0n) is 10.2. The molecule has 90 valence electrons. The first-order valence-corrected chi connectivity index (χ1v) is 5.47. The molecule has 0 saturated heterocycles. The molecule has 0 amide bonds. The molecular weight excluding hydrogens is 204 g/mol. The minimum atomic E-state index is -0.273. The van der Waals surface area contributed by atoms with E-state index < -0.39 is 0 Å². The van der Waals surface area contributed by atoms with Crippen molar-refractivity contribution in [3.63, 3.8) is 0 Å². The summed E-state index contributed by atoms with van der Waals surface area (Å²) < 4.78 is 10.8. The number of rotatable bonds is 6. The Labute approximate surface area is 96.8 Å². The number of nitrogens with two attached hydrogens (primary N) is 1. The van der Waals surface area contributed by atoms with E-state index in [9.17, 15) is 0 Å². The van der Waals surface area contributed by atoms with Gasteiger partial charge in [-0.3, -0.25) is 0 Å². The molecule has 0 fully saturated rings. The standard InChI is InChI=1S/C12H20N2O2/c1-4-12(2,9-13)16-8-10-6-5-7-11(14-10)15-3/h5-7H,4,8-9,13H2,1-3H3. The number of nitrogens with zero attached hydrogens (tertiary/aromatic N) is 1. The molecule has 0 aliphatic heterocycles. The summed E-state index contributed by atoms with van der Waals surface area (Å²) in [4.78, 5) is 4.27. The number of hydrogen-bond acceptors (Lipinski definition) is 4. The van der Waals surface area contributed by atoms with Gasteiger partial charge in [0, 0.05) is 12.6 Å². The molecule has 1 aromatic rings. The molecule has 1 heterocycles. The quantitative estimate of drug-likeness (QED) is 0.799. The van der Waals surface area contributed by atoms with E-state index in [1.54, 1.807) is 7.11 Å². The molecule has 0 radical (unpaired) electrons. The molecule has 0 saturated carbocycles. The molecule has 4 heteroatoms. The minimum Gasteiger partial charge on any atom is -0.481 e. The molecule has 1 atom stereocenters. The van der Waals surface area contributed by atoms with E-state index in [0.717, 1.165) is 12.1 Å². The average Bonchev–Trinajstić information content (AvgIpc) is 2.36. The maximum absolute atomic E-state index is 5.77. The van der Waals surface area contributed by atoms with Gasteiger partial charge in [0.05, 0.1) is 25.0 Å². The van der Waals surface area contributed by atoms with Gasteiger partial charge in [-0.05, 0) is 19.4 Å². The van der Waals surface area contributed by atoms with Gasteiger partial charge in [0.25, 0.3) is 0 Å². The maximum Gasteiger partial charge on any atom is 0.213 e.